The molecule has 0 aromatic carbocycles. The molecule has 0 radical (unpaired) electrons. The van der Waals surface area contributed by atoms with Crippen molar-refractivity contribution in [1.29, 1.82) is 0 Å². The van der Waals surface area contributed by atoms with E-state index in [2.05, 4.69) is 23.2 Å². The standard InChI is InChI=1S/C14H17NO2S/c1-2-17-13(16)10-9-15-12-5-3-4-7-14(12)11(10)6-8-18-14/h3-5,9-11H,2,6-8H2,1H3. The van der Waals surface area contributed by atoms with Crippen LogP contribution in [-0.4, -0.2) is 29.3 Å². The molecule has 0 aromatic rings. The van der Waals surface area contributed by atoms with Crippen molar-refractivity contribution in [3.63, 3.8) is 0 Å². The SMILES string of the molecule is CCOC(=O)C1C=NC2=CC=CCC23SCCC13. The minimum atomic E-state index is -0.163. The number of esters is 1. The van der Waals surface area contributed by atoms with E-state index in [0.717, 1.165) is 24.3 Å². The number of hydrogen-bond acceptors (Lipinski definition) is 4. The molecule has 0 aromatic heterocycles. The van der Waals surface area contributed by atoms with Gasteiger partial charge in [-0.1, -0.05) is 12.2 Å². The van der Waals surface area contributed by atoms with Crippen LogP contribution < -0.4 is 0 Å². The molecule has 3 nitrogen and oxygen atoms in total. The number of hydrogen-bond donors (Lipinski definition) is 0. The topological polar surface area (TPSA) is 38.7 Å². The molecular weight excluding hydrogens is 246 g/mol. The maximum absolute atomic E-state index is 12.1. The fraction of sp³-hybridized carbons (Fsp3) is 0.571. The fourth-order valence-electron chi connectivity index (χ4n) is 3.18. The zero-order valence-corrected chi connectivity index (χ0v) is 11.3. The van der Waals surface area contributed by atoms with Crippen LogP contribution in [0.5, 0.6) is 0 Å². The number of allylic oxidation sites excluding steroid dienone is 3. The zero-order chi connectivity index (χ0) is 12.6. The quantitative estimate of drug-likeness (QED) is 0.719. The lowest BCUT2D eigenvalue weighted by atomic mass is 9.73. The monoisotopic (exact) mass is 263 g/mol. The highest BCUT2D eigenvalue weighted by Gasteiger charge is 2.53. The van der Waals surface area contributed by atoms with Gasteiger partial charge in [-0.3, -0.25) is 9.79 Å². The van der Waals surface area contributed by atoms with Gasteiger partial charge in [0.15, 0.2) is 0 Å². The minimum absolute atomic E-state index is 0.0287. The first kappa shape index (κ1) is 12.0. The molecule has 0 bridgehead atoms. The van der Waals surface area contributed by atoms with E-state index in [1.165, 1.54) is 0 Å². The average Bonchev–Trinajstić information content (AvgIpc) is 2.80. The number of ether oxygens (including phenoxy) is 1. The summed E-state index contributed by atoms with van der Waals surface area (Å²) in [6.45, 7) is 2.30. The molecule has 1 fully saturated rings. The third-order valence-corrected chi connectivity index (χ3v) is 5.63. The Labute approximate surface area is 111 Å². The Morgan fingerprint density at radius 3 is 3.39 bits per heavy atom. The van der Waals surface area contributed by atoms with Crippen LogP contribution in [0.25, 0.3) is 0 Å². The molecule has 3 aliphatic rings. The molecule has 96 valence electrons. The van der Waals surface area contributed by atoms with E-state index < -0.39 is 0 Å². The Kier molecular flexibility index (Phi) is 3.06. The van der Waals surface area contributed by atoms with Gasteiger partial charge in [0.2, 0.25) is 0 Å². The van der Waals surface area contributed by atoms with Gasteiger partial charge in [-0.15, -0.1) is 11.8 Å². The van der Waals surface area contributed by atoms with Crippen LogP contribution in [-0.2, 0) is 9.53 Å². The van der Waals surface area contributed by atoms with Gasteiger partial charge >= 0.3 is 5.97 Å². The summed E-state index contributed by atoms with van der Waals surface area (Å²) in [5, 5.41) is 0. The molecule has 3 atom stereocenters. The van der Waals surface area contributed by atoms with E-state index in [-0.39, 0.29) is 16.6 Å². The number of aliphatic imine (C=N–C) groups is 1. The summed E-state index contributed by atoms with van der Waals surface area (Å²) in [7, 11) is 0. The third-order valence-electron chi connectivity index (χ3n) is 4.00. The Bertz CT molecular complexity index is 455. The number of thioether (sulfide) groups is 1. The summed E-state index contributed by atoms with van der Waals surface area (Å²) in [4.78, 5) is 16.6. The first-order valence-electron chi connectivity index (χ1n) is 6.50. The molecule has 0 amide bonds. The van der Waals surface area contributed by atoms with Crippen molar-refractivity contribution in [3.05, 3.63) is 23.9 Å². The second-order valence-electron chi connectivity index (χ2n) is 4.87. The molecule has 4 heteroatoms. The summed E-state index contributed by atoms with van der Waals surface area (Å²) < 4.78 is 5.22. The molecule has 3 unspecified atom stereocenters. The highest BCUT2D eigenvalue weighted by Crippen LogP contribution is 2.56. The third kappa shape index (κ3) is 1.66. The molecular formula is C14H17NO2S. The van der Waals surface area contributed by atoms with Crippen LogP contribution in [0.1, 0.15) is 19.8 Å². The first-order valence-corrected chi connectivity index (χ1v) is 7.48. The molecule has 1 saturated heterocycles. The molecule has 1 aliphatic carbocycles. The molecule has 2 heterocycles. The number of rotatable bonds is 2. The maximum Gasteiger partial charge on any atom is 0.314 e. The van der Waals surface area contributed by atoms with Gasteiger partial charge in [-0.2, -0.15) is 0 Å². The molecule has 1 spiro atoms. The number of carbonyl (C=O) groups excluding carboxylic acids is 1. The van der Waals surface area contributed by atoms with Gasteiger partial charge in [0.05, 0.1) is 23.0 Å². The summed E-state index contributed by atoms with van der Waals surface area (Å²) >= 11 is 1.96. The fourth-order valence-corrected chi connectivity index (χ4v) is 4.88. The Morgan fingerprint density at radius 1 is 1.67 bits per heavy atom. The van der Waals surface area contributed by atoms with Crippen molar-refractivity contribution in [2.24, 2.45) is 16.8 Å². The van der Waals surface area contributed by atoms with Gasteiger partial charge in [-0.25, -0.2) is 0 Å². The van der Waals surface area contributed by atoms with E-state index in [4.69, 9.17) is 4.74 Å². The largest absolute Gasteiger partial charge is 0.465 e. The second-order valence-corrected chi connectivity index (χ2v) is 6.30. The zero-order valence-electron chi connectivity index (χ0n) is 10.5. The van der Waals surface area contributed by atoms with E-state index >= 15 is 0 Å². The Hall–Kier alpha value is -1.03. The number of nitrogens with zero attached hydrogens (tertiary/aromatic N) is 1. The Balaban J connectivity index is 1.95. The van der Waals surface area contributed by atoms with Crippen LogP contribution in [0.15, 0.2) is 28.9 Å². The van der Waals surface area contributed by atoms with Crippen LogP contribution >= 0.6 is 11.8 Å². The highest BCUT2D eigenvalue weighted by atomic mass is 32.2. The molecule has 3 rings (SSSR count). The van der Waals surface area contributed by atoms with Crippen molar-refractivity contribution < 1.29 is 9.53 Å². The average molecular weight is 263 g/mol. The summed E-state index contributed by atoms with van der Waals surface area (Å²) in [6, 6.07) is 0. The summed E-state index contributed by atoms with van der Waals surface area (Å²) in [5.41, 5.74) is 1.14. The Morgan fingerprint density at radius 2 is 2.56 bits per heavy atom. The lowest BCUT2D eigenvalue weighted by molar-refractivity contribution is -0.147. The molecule has 2 aliphatic heterocycles. The molecule has 18 heavy (non-hydrogen) atoms. The normalized spacial score (nSPS) is 36.8. The number of carbonyl (C=O) groups is 1. The van der Waals surface area contributed by atoms with Crippen LogP contribution in [0.3, 0.4) is 0 Å². The maximum atomic E-state index is 12.1. The summed E-state index contributed by atoms with van der Waals surface area (Å²) in [6.07, 6.45) is 10.2. The van der Waals surface area contributed by atoms with Crippen molar-refractivity contribution in [2.75, 3.05) is 12.4 Å². The predicted octanol–water partition coefficient (Wildman–Crippen LogP) is 2.59. The van der Waals surface area contributed by atoms with Crippen LogP contribution in [0, 0.1) is 11.8 Å². The lowest BCUT2D eigenvalue weighted by Gasteiger charge is -2.40. The first-order chi connectivity index (χ1) is 8.78. The van der Waals surface area contributed by atoms with E-state index in [9.17, 15) is 4.79 Å². The summed E-state index contributed by atoms with van der Waals surface area (Å²) in [5.74, 6) is 1.18. The van der Waals surface area contributed by atoms with Crippen molar-refractivity contribution in [3.8, 4) is 0 Å². The van der Waals surface area contributed by atoms with Gasteiger partial charge in [-0.05, 0) is 37.5 Å². The van der Waals surface area contributed by atoms with E-state index in [1.54, 1.807) is 6.21 Å². The highest BCUT2D eigenvalue weighted by molar-refractivity contribution is 8.01. The molecule has 0 N–H and O–H groups in total. The minimum Gasteiger partial charge on any atom is -0.465 e. The van der Waals surface area contributed by atoms with Gasteiger partial charge in [0, 0.05) is 6.21 Å². The smallest absolute Gasteiger partial charge is 0.314 e. The van der Waals surface area contributed by atoms with E-state index in [1.807, 2.05) is 18.7 Å². The van der Waals surface area contributed by atoms with Crippen molar-refractivity contribution in [2.45, 2.75) is 24.5 Å². The van der Waals surface area contributed by atoms with E-state index in [0.29, 0.717) is 12.5 Å². The second kappa shape index (κ2) is 4.57. The van der Waals surface area contributed by atoms with Crippen LogP contribution in [0.4, 0.5) is 0 Å². The van der Waals surface area contributed by atoms with Gasteiger partial charge in [0.1, 0.15) is 0 Å². The molecule has 0 saturated carbocycles. The lowest BCUT2D eigenvalue weighted by Crippen LogP contribution is -2.44. The van der Waals surface area contributed by atoms with Gasteiger partial charge < -0.3 is 4.74 Å². The van der Waals surface area contributed by atoms with Crippen molar-refractivity contribution >= 4 is 23.9 Å². The van der Waals surface area contributed by atoms with Crippen LogP contribution in [0.2, 0.25) is 0 Å². The predicted molar refractivity (Wildman–Crippen MR) is 73.8 cm³/mol. The van der Waals surface area contributed by atoms with Crippen molar-refractivity contribution in [1.82, 2.24) is 0 Å². The van der Waals surface area contributed by atoms with Gasteiger partial charge in [0.25, 0.3) is 0 Å².